The SMILES string of the molecule is CC(C(=O)c1ccc(F)cc1F)N(CCO)CC(F)F. The summed E-state index contributed by atoms with van der Waals surface area (Å²) < 4.78 is 51.1. The molecule has 0 fully saturated rings. The number of nitrogens with zero attached hydrogens (tertiary/aromatic N) is 1. The van der Waals surface area contributed by atoms with Gasteiger partial charge in [0.1, 0.15) is 11.6 Å². The van der Waals surface area contributed by atoms with Crippen LogP contribution in [0.4, 0.5) is 17.6 Å². The average molecular weight is 293 g/mol. The molecule has 7 heteroatoms. The second-order valence-corrected chi connectivity index (χ2v) is 4.27. The number of alkyl halides is 2. The Kier molecular flexibility index (Phi) is 6.09. The molecule has 0 spiro atoms. The number of aliphatic hydroxyl groups excluding tert-OH is 1. The Bertz CT molecular complexity index is 468. The molecule has 1 rings (SSSR count). The topological polar surface area (TPSA) is 40.5 Å². The highest BCUT2D eigenvalue weighted by Crippen LogP contribution is 2.15. The van der Waals surface area contributed by atoms with Crippen LogP contribution >= 0.6 is 0 Å². The summed E-state index contributed by atoms with van der Waals surface area (Å²) in [6.45, 7) is 0.0791. The zero-order valence-electron chi connectivity index (χ0n) is 10.8. The van der Waals surface area contributed by atoms with Crippen molar-refractivity contribution in [3.63, 3.8) is 0 Å². The highest BCUT2D eigenvalue weighted by molar-refractivity contribution is 6.00. The van der Waals surface area contributed by atoms with E-state index in [9.17, 15) is 22.4 Å². The summed E-state index contributed by atoms with van der Waals surface area (Å²) in [6, 6.07) is 1.41. The molecular formula is C13H15F4NO2. The number of hydrogen-bond donors (Lipinski definition) is 1. The van der Waals surface area contributed by atoms with Crippen LogP contribution in [-0.2, 0) is 0 Å². The number of carbonyl (C=O) groups is 1. The standard InChI is InChI=1S/C13H15F4NO2/c1-8(18(4-5-19)7-12(16)17)13(20)10-3-2-9(14)6-11(10)15/h2-3,6,8,12,19H,4-5,7H2,1H3. The van der Waals surface area contributed by atoms with Crippen molar-refractivity contribution in [1.29, 1.82) is 0 Å². The third-order valence-corrected chi connectivity index (χ3v) is 2.88. The van der Waals surface area contributed by atoms with E-state index in [1.165, 1.54) is 6.92 Å². The smallest absolute Gasteiger partial charge is 0.251 e. The Morgan fingerprint density at radius 1 is 1.35 bits per heavy atom. The molecule has 0 saturated heterocycles. The molecule has 0 aliphatic heterocycles. The molecule has 0 radical (unpaired) electrons. The van der Waals surface area contributed by atoms with Crippen LogP contribution < -0.4 is 0 Å². The molecule has 112 valence electrons. The van der Waals surface area contributed by atoms with Crippen LogP contribution in [0.3, 0.4) is 0 Å². The van der Waals surface area contributed by atoms with E-state index in [4.69, 9.17) is 5.11 Å². The van der Waals surface area contributed by atoms with Crippen LogP contribution in [0.15, 0.2) is 18.2 Å². The van der Waals surface area contributed by atoms with Crippen molar-refractivity contribution in [2.75, 3.05) is 19.7 Å². The van der Waals surface area contributed by atoms with Crippen LogP contribution in [0.25, 0.3) is 0 Å². The number of rotatable bonds is 7. The third kappa shape index (κ3) is 4.28. The highest BCUT2D eigenvalue weighted by Gasteiger charge is 2.26. The van der Waals surface area contributed by atoms with E-state index in [1.54, 1.807) is 0 Å². The number of hydrogen-bond acceptors (Lipinski definition) is 3. The lowest BCUT2D eigenvalue weighted by atomic mass is 10.0. The zero-order valence-corrected chi connectivity index (χ0v) is 10.8. The third-order valence-electron chi connectivity index (χ3n) is 2.88. The normalized spacial score (nSPS) is 13.0. The largest absolute Gasteiger partial charge is 0.395 e. The maximum atomic E-state index is 13.5. The van der Waals surface area contributed by atoms with E-state index in [1.807, 2.05) is 0 Å². The Hall–Kier alpha value is -1.47. The molecule has 1 aromatic carbocycles. The molecule has 0 aromatic heterocycles. The van der Waals surface area contributed by atoms with Gasteiger partial charge in [-0.2, -0.15) is 0 Å². The van der Waals surface area contributed by atoms with Crippen molar-refractivity contribution < 1.29 is 27.5 Å². The first-order valence-electron chi connectivity index (χ1n) is 5.99. The maximum Gasteiger partial charge on any atom is 0.251 e. The number of halogens is 4. The monoisotopic (exact) mass is 293 g/mol. The van der Waals surface area contributed by atoms with Gasteiger partial charge in [-0.05, 0) is 19.1 Å². The van der Waals surface area contributed by atoms with Crippen molar-refractivity contribution in [3.8, 4) is 0 Å². The molecule has 1 atom stereocenters. The van der Waals surface area contributed by atoms with E-state index >= 15 is 0 Å². The van der Waals surface area contributed by atoms with Gasteiger partial charge in [0.25, 0.3) is 6.43 Å². The first kappa shape index (κ1) is 16.6. The number of carbonyl (C=O) groups excluding carboxylic acids is 1. The molecule has 0 heterocycles. The zero-order chi connectivity index (χ0) is 15.3. The van der Waals surface area contributed by atoms with Crippen LogP contribution in [0, 0.1) is 11.6 Å². The van der Waals surface area contributed by atoms with Crippen molar-refractivity contribution in [3.05, 3.63) is 35.4 Å². The fourth-order valence-corrected chi connectivity index (χ4v) is 1.83. The van der Waals surface area contributed by atoms with Crippen LogP contribution in [0.5, 0.6) is 0 Å². The quantitative estimate of drug-likeness (QED) is 0.618. The molecule has 0 aliphatic rings. The second kappa shape index (κ2) is 7.35. The van der Waals surface area contributed by atoms with Gasteiger partial charge in [-0.25, -0.2) is 17.6 Å². The summed E-state index contributed by atoms with van der Waals surface area (Å²) in [5, 5.41) is 8.82. The summed E-state index contributed by atoms with van der Waals surface area (Å²) >= 11 is 0. The average Bonchev–Trinajstić information content (AvgIpc) is 2.36. The first-order chi connectivity index (χ1) is 9.36. The van der Waals surface area contributed by atoms with Gasteiger partial charge < -0.3 is 5.11 Å². The first-order valence-corrected chi connectivity index (χ1v) is 5.99. The van der Waals surface area contributed by atoms with Crippen LogP contribution in [0.2, 0.25) is 0 Å². The summed E-state index contributed by atoms with van der Waals surface area (Å²) in [4.78, 5) is 13.1. The minimum absolute atomic E-state index is 0.139. The minimum atomic E-state index is -2.69. The summed E-state index contributed by atoms with van der Waals surface area (Å²) in [6.07, 6.45) is -2.69. The molecule has 1 unspecified atom stereocenters. The Morgan fingerprint density at radius 3 is 2.50 bits per heavy atom. The van der Waals surface area contributed by atoms with Crippen molar-refractivity contribution in [2.45, 2.75) is 19.4 Å². The van der Waals surface area contributed by atoms with E-state index in [0.29, 0.717) is 6.07 Å². The summed E-state index contributed by atoms with van der Waals surface area (Å²) in [5.74, 6) is -2.61. The van der Waals surface area contributed by atoms with Gasteiger partial charge in [-0.3, -0.25) is 9.69 Å². The lowest BCUT2D eigenvalue weighted by Gasteiger charge is -2.27. The fraction of sp³-hybridized carbons (Fsp3) is 0.462. The lowest BCUT2D eigenvalue weighted by molar-refractivity contribution is 0.0513. The van der Waals surface area contributed by atoms with Gasteiger partial charge in [0, 0.05) is 12.6 Å². The van der Waals surface area contributed by atoms with Gasteiger partial charge in [0.05, 0.1) is 24.8 Å². The van der Waals surface area contributed by atoms with Crippen molar-refractivity contribution in [1.82, 2.24) is 4.90 Å². The highest BCUT2D eigenvalue weighted by atomic mass is 19.3. The summed E-state index contributed by atoms with van der Waals surface area (Å²) in [7, 11) is 0. The van der Waals surface area contributed by atoms with Gasteiger partial charge in [-0.1, -0.05) is 0 Å². The number of ketones is 1. The number of benzene rings is 1. The van der Waals surface area contributed by atoms with Gasteiger partial charge in [0.2, 0.25) is 0 Å². The molecule has 1 N–H and O–H groups in total. The van der Waals surface area contributed by atoms with E-state index in [2.05, 4.69) is 0 Å². The Morgan fingerprint density at radius 2 is 2.00 bits per heavy atom. The molecule has 0 saturated carbocycles. The lowest BCUT2D eigenvalue weighted by Crippen LogP contribution is -2.43. The molecule has 0 bridgehead atoms. The number of Topliss-reactive ketones (excluding diaryl/α,β-unsaturated/α-hetero) is 1. The molecular weight excluding hydrogens is 278 g/mol. The Labute approximate surface area is 113 Å². The van der Waals surface area contributed by atoms with Gasteiger partial charge in [0.15, 0.2) is 5.78 Å². The molecule has 0 aliphatic carbocycles. The predicted octanol–water partition coefficient (Wildman–Crippen LogP) is 2.10. The van der Waals surface area contributed by atoms with Crippen LogP contribution in [-0.4, -0.2) is 48.0 Å². The van der Waals surface area contributed by atoms with Crippen molar-refractivity contribution in [2.24, 2.45) is 0 Å². The molecule has 1 aromatic rings. The van der Waals surface area contributed by atoms with Crippen LogP contribution in [0.1, 0.15) is 17.3 Å². The molecule has 20 heavy (non-hydrogen) atoms. The minimum Gasteiger partial charge on any atom is -0.395 e. The van der Waals surface area contributed by atoms with Gasteiger partial charge in [-0.15, -0.1) is 0 Å². The molecule has 0 amide bonds. The predicted molar refractivity (Wildman–Crippen MR) is 64.8 cm³/mol. The van der Waals surface area contributed by atoms with Gasteiger partial charge >= 0.3 is 0 Å². The van der Waals surface area contributed by atoms with E-state index < -0.39 is 43.0 Å². The number of aliphatic hydroxyl groups is 1. The maximum absolute atomic E-state index is 13.5. The van der Waals surface area contributed by atoms with Crippen molar-refractivity contribution >= 4 is 5.78 Å². The fourth-order valence-electron chi connectivity index (χ4n) is 1.83. The Balaban J connectivity index is 2.92. The second-order valence-electron chi connectivity index (χ2n) is 4.27. The van der Waals surface area contributed by atoms with E-state index in [-0.39, 0.29) is 12.1 Å². The summed E-state index contributed by atoms with van der Waals surface area (Å²) in [5.41, 5.74) is -0.365. The molecule has 3 nitrogen and oxygen atoms in total. The van der Waals surface area contributed by atoms with E-state index in [0.717, 1.165) is 17.0 Å².